The Hall–Kier alpha value is -3.64. The lowest BCUT2D eigenvalue weighted by molar-refractivity contribution is 0.455. The van der Waals surface area contributed by atoms with Gasteiger partial charge in [-0.05, 0) is 73.7 Å². The highest BCUT2D eigenvalue weighted by atomic mass is 14.3. The first-order chi connectivity index (χ1) is 18.3. The predicted molar refractivity (Wildman–Crippen MR) is 160 cm³/mol. The minimum atomic E-state index is 0.852. The van der Waals surface area contributed by atoms with Crippen molar-refractivity contribution < 1.29 is 0 Å². The van der Waals surface area contributed by atoms with Crippen LogP contribution < -0.4 is 0 Å². The summed E-state index contributed by atoms with van der Waals surface area (Å²) in [5, 5.41) is 5.32. The minimum Gasteiger partial charge on any atom is -0.0649 e. The van der Waals surface area contributed by atoms with Crippen molar-refractivity contribution in [2.45, 2.75) is 51.4 Å². The molecular weight excluding hydrogens is 444 g/mol. The number of hydrogen-bond donors (Lipinski definition) is 0. The Morgan fingerprint density at radius 2 is 1.08 bits per heavy atom. The van der Waals surface area contributed by atoms with Crippen molar-refractivity contribution in [3.8, 4) is 22.3 Å². The van der Waals surface area contributed by atoms with Gasteiger partial charge < -0.3 is 0 Å². The monoisotopic (exact) mass is 478 g/mol. The quantitative estimate of drug-likeness (QED) is 0.225. The van der Waals surface area contributed by atoms with E-state index in [1.807, 2.05) is 0 Å². The van der Waals surface area contributed by atoms with Gasteiger partial charge in [0.15, 0.2) is 0 Å². The molecule has 182 valence electrons. The fraction of sp³-hybridized carbons (Fsp3) is 0.243. The third-order valence-corrected chi connectivity index (χ3v) is 8.79. The van der Waals surface area contributed by atoms with E-state index >= 15 is 0 Å². The Kier molecular flexibility index (Phi) is 5.89. The molecule has 0 aromatic heterocycles. The maximum absolute atomic E-state index is 2.58. The number of fused-ring (bicyclic) bond motifs is 3. The van der Waals surface area contributed by atoms with Crippen LogP contribution in [0.3, 0.4) is 0 Å². The van der Waals surface area contributed by atoms with Crippen molar-refractivity contribution in [2.24, 2.45) is 5.92 Å². The Morgan fingerprint density at radius 1 is 0.514 bits per heavy atom. The Labute approximate surface area is 220 Å². The summed E-state index contributed by atoms with van der Waals surface area (Å²) in [6.45, 7) is 0. The fourth-order valence-corrected chi connectivity index (χ4v) is 6.98. The van der Waals surface area contributed by atoms with Crippen molar-refractivity contribution in [2.75, 3.05) is 0 Å². The second-order valence-electron chi connectivity index (χ2n) is 11.1. The molecule has 0 radical (unpaired) electrons. The van der Waals surface area contributed by atoms with Gasteiger partial charge in [-0.1, -0.05) is 147 Å². The van der Waals surface area contributed by atoms with Gasteiger partial charge in [0.25, 0.3) is 0 Å². The molecule has 0 N–H and O–H groups in total. The second-order valence-corrected chi connectivity index (χ2v) is 11.1. The molecule has 37 heavy (non-hydrogen) atoms. The summed E-state index contributed by atoms with van der Waals surface area (Å²) in [6, 6.07) is 36.0. The van der Waals surface area contributed by atoms with Crippen molar-refractivity contribution in [3.05, 3.63) is 114 Å². The van der Waals surface area contributed by atoms with E-state index in [9.17, 15) is 0 Å². The third kappa shape index (κ3) is 4.19. The van der Waals surface area contributed by atoms with Crippen LogP contribution in [0.4, 0.5) is 0 Å². The van der Waals surface area contributed by atoms with Gasteiger partial charge in [0.05, 0.1) is 0 Å². The molecule has 0 heteroatoms. The summed E-state index contributed by atoms with van der Waals surface area (Å²) in [6.07, 6.45) is 13.4. The molecule has 1 fully saturated rings. The standard InChI is InChI=1S/C37H34/c1-2-4-12-26(11-3-1)23-27-24-36-34(32-19-9-15-28-13-5-7-17-30(28)32)21-22-35(37(36)25-27)33-20-10-16-29-14-6-8-18-31(29)33/h5-10,13-22,24,26H,1-4,11-12,23,25H2. The van der Waals surface area contributed by atoms with Gasteiger partial charge in [-0.25, -0.2) is 0 Å². The van der Waals surface area contributed by atoms with Crippen LogP contribution >= 0.6 is 0 Å². The topological polar surface area (TPSA) is 0 Å². The molecule has 2 aliphatic rings. The van der Waals surface area contributed by atoms with Crippen molar-refractivity contribution in [1.82, 2.24) is 0 Å². The van der Waals surface area contributed by atoms with Gasteiger partial charge in [0, 0.05) is 0 Å². The van der Waals surface area contributed by atoms with E-state index in [1.54, 1.807) is 5.57 Å². The molecule has 0 saturated heterocycles. The van der Waals surface area contributed by atoms with E-state index in [4.69, 9.17) is 0 Å². The molecule has 0 unspecified atom stereocenters. The van der Waals surface area contributed by atoms with Gasteiger partial charge >= 0.3 is 0 Å². The summed E-state index contributed by atoms with van der Waals surface area (Å²) in [4.78, 5) is 0. The van der Waals surface area contributed by atoms with Crippen LogP contribution in [0.5, 0.6) is 0 Å². The molecule has 0 amide bonds. The zero-order valence-corrected chi connectivity index (χ0v) is 21.5. The smallest absolute Gasteiger partial charge is 0.00513 e. The third-order valence-electron chi connectivity index (χ3n) is 8.79. The average Bonchev–Trinajstić information content (AvgIpc) is 3.20. The van der Waals surface area contributed by atoms with Crippen LogP contribution in [0, 0.1) is 5.92 Å². The summed E-state index contributed by atoms with van der Waals surface area (Å²) >= 11 is 0. The Morgan fingerprint density at radius 3 is 1.76 bits per heavy atom. The number of rotatable bonds is 4. The van der Waals surface area contributed by atoms with E-state index in [-0.39, 0.29) is 0 Å². The molecule has 0 nitrogen and oxygen atoms in total. The first kappa shape index (κ1) is 22.5. The van der Waals surface area contributed by atoms with Crippen LogP contribution in [-0.2, 0) is 6.42 Å². The first-order valence-corrected chi connectivity index (χ1v) is 14.2. The Balaban J connectivity index is 1.39. The van der Waals surface area contributed by atoms with E-state index in [0.717, 1.165) is 12.3 Å². The zero-order chi connectivity index (χ0) is 24.6. The summed E-state index contributed by atoms with van der Waals surface area (Å²) in [7, 11) is 0. The van der Waals surface area contributed by atoms with Gasteiger partial charge in [-0.2, -0.15) is 0 Å². The van der Waals surface area contributed by atoms with E-state index in [2.05, 4.69) is 103 Å². The van der Waals surface area contributed by atoms with Crippen LogP contribution in [0.25, 0.3) is 49.9 Å². The number of allylic oxidation sites excluding steroid dienone is 1. The lowest BCUT2D eigenvalue weighted by Crippen LogP contribution is -2.01. The van der Waals surface area contributed by atoms with Crippen molar-refractivity contribution in [1.29, 1.82) is 0 Å². The fourth-order valence-electron chi connectivity index (χ4n) is 6.98. The maximum atomic E-state index is 2.58. The van der Waals surface area contributed by atoms with Gasteiger partial charge in [0.1, 0.15) is 0 Å². The van der Waals surface area contributed by atoms with Crippen LogP contribution in [0.2, 0.25) is 0 Å². The molecule has 0 aliphatic heterocycles. The highest BCUT2D eigenvalue weighted by Crippen LogP contribution is 2.44. The largest absolute Gasteiger partial charge is 0.0649 e. The molecule has 1 saturated carbocycles. The van der Waals surface area contributed by atoms with Crippen LogP contribution in [0.15, 0.2) is 103 Å². The lowest BCUT2D eigenvalue weighted by atomic mass is 9.87. The molecule has 2 aliphatic carbocycles. The molecule has 0 spiro atoms. The number of benzene rings is 5. The zero-order valence-electron chi connectivity index (χ0n) is 21.5. The van der Waals surface area contributed by atoms with Gasteiger partial charge in [0.2, 0.25) is 0 Å². The summed E-state index contributed by atoms with van der Waals surface area (Å²) < 4.78 is 0. The molecule has 7 rings (SSSR count). The van der Waals surface area contributed by atoms with Crippen LogP contribution in [-0.4, -0.2) is 0 Å². The normalized spacial score (nSPS) is 16.1. The second kappa shape index (κ2) is 9.67. The minimum absolute atomic E-state index is 0.852. The highest BCUT2D eigenvalue weighted by Gasteiger charge is 2.24. The maximum Gasteiger partial charge on any atom is -0.00513 e. The van der Waals surface area contributed by atoms with Crippen molar-refractivity contribution >= 4 is 27.6 Å². The predicted octanol–water partition coefficient (Wildman–Crippen LogP) is 10.6. The molecule has 5 aromatic carbocycles. The molecular formula is C37H34. The summed E-state index contributed by atoms with van der Waals surface area (Å²) in [5.41, 5.74) is 10.1. The van der Waals surface area contributed by atoms with Crippen LogP contribution in [0.1, 0.15) is 56.1 Å². The molecule has 0 atom stereocenters. The average molecular weight is 479 g/mol. The van der Waals surface area contributed by atoms with E-state index in [1.165, 1.54) is 99.9 Å². The van der Waals surface area contributed by atoms with Gasteiger partial charge in [-0.15, -0.1) is 0 Å². The van der Waals surface area contributed by atoms with Gasteiger partial charge in [-0.3, -0.25) is 0 Å². The highest BCUT2D eigenvalue weighted by molar-refractivity contribution is 6.02. The van der Waals surface area contributed by atoms with Crippen molar-refractivity contribution in [3.63, 3.8) is 0 Å². The first-order valence-electron chi connectivity index (χ1n) is 14.2. The van der Waals surface area contributed by atoms with E-state index in [0.29, 0.717) is 0 Å². The molecule has 0 heterocycles. The molecule has 5 aromatic rings. The van der Waals surface area contributed by atoms with E-state index < -0.39 is 0 Å². The number of hydrogen-bond acceptors (Lipinski definition) is 0. The molecule has 0 bridgehead atoms. The Bertz CT molecular complexity index is 1610. The lowest BCUT2D eigenvalue weighted by Gasteiger charge is -2.17. The summed E-state index contributed by atoms with van der Waals surface area (Å²) in [5.74, 6) is 0.852. The SMILES string of the molecule is C1=C(CC2CCCCCC2)Cc2c(-c3cccc4ccccc34)ccc(-c3cccc4ccccc34)c21.